The third kappa shape index (κ3) is 4.27. The number of nitrogens with two attached hydrogens (primary N) is 1. The van der Waals surface area contributed by atoms with Crippen LogP contribution in [0.2, 0.25) is 0 Å². The molecule has 0 radical (unpaired) electrons. The second-order valence-electron chi connectivity index (χ2n) is 11.6. The molecule has 2 saturated carbocycles. The van der Waals surface area contributed by atoms with E-state index in [1.807, 2.05) is 0 Å². The molecule has 1 saturated heterocycles. The van der Waals surface area contributed by atoms with Gasteiger partial charge in [-0.15, -0.1) is 0 Å². The van der Waals surface area contributed by atoms with E-state index in [9.17, 15) is 10.2 Å². The molecule has 4 heterocycles. The minimum absolute atomic E-state index is 0.268. The van der Waals surface area contributed by atoms with Gasteiger partial charge in [-0.2, -0.15) is 0 Å². The zero-order chi connectivity index (χ0) is 26.0. The molecule has 0 bridgehead atoms. The van der Waals surface area contributed by atoms with Crippen molar-refractivity contribution >= 4 is 28.4 Å². The summed E-state index contributed by atoms with van der Waals surface area (Å²) in [6, 6.07) is 7.28. The highest BCUT2D eigenvalue weighted by Gasteiger charge is 2.45. The van der Waals surface area contributed by atoms with E-state index < -0.39 is 24.5 Å². The third-order valence-electron chi connectivity index (χ3n) is 8.92. The number of aliphatic hydroxyl groups excluding tert-OH is 2. The van der Waals surface area contributed by atoms with E-state index >= 15 is 0 Å². The van der Waals surface area contributed by atoms with Gasteiger partial charge in [-0.1, -0.05) is 6.07 Å². The summed E-state index contributed by atoms with van der Waals surface area (Å²) in [4.78, 5) is 14.7. The van der Waals surface area contributed by atoms with Crippen LogP contribution < -0.4 is 16.4 Å². The van der Waals surface area contributed by atoms with Crippen LogP contribution in [0.3, 0.4) is 0 Å². The topological polar surface area (TPSA) is 147 Å². The summed E-state index contributed by atoms with van der Waals surface area (Å²) in [6.45, 7) is 0.542. The first-order valence-electron chi connectivity index (χ1n) is 13.8. The van der Waals surface area contributed by atoms with Crippen LogP contribution in [0.1, 0.15) is 56.2 Å². The minimum Gasteiger partial charge on any atom is -0.387 e. The van der Waals surface area contributed by atoms with Crippen molar-refractivity contribution in [3.8, 4) is 0 Å². The van der Waals surface area contributed by atoms with Crippen molar-refractivity contribution in [1.29, 1.82) is 0 Å². The summed E-state index contributed by atoms with van der Waals surface area (Å²) in [7, 11) is 2.07. The van der Waals surface area contributed by atoms with Crippen LogP contribution in [0.15, 0.2) is 30.9 Å². The Balaban J connectivity index is 0.889. The first-order valence-corrected chi connectivity index (χ1v) is 13.8. The lowest BCUT2D eigenvalue weighted by Gasteiger charge is -2.42. The van der Waals surface area contributed by atoms with Crippen LogP contribution in [0.4, 0.5) is 17.2 Å². The van der Waals surface area contributed by atoms with Gasteiger partial charge >= 0.3 is 0 Å². The van der Waals surface area contributed by atoms with E-state index in [1.165, 1.54) is 48.9 Å². The number of nitrogens with zero attached hydrogens (tertiary/aromatic N) is 5. The number of benzene rings is 1. The van der Waals surface area contributed by atoms with Crippen molar-refractivity contribution < 1.29 is 14.9 Å². The number of rotatable bonds is 8. The van der Waals surface area contributed by atoms with Crippen LogP contribution in [-0.2, 0) is 4.74 Å². The van der Waals surface area contributed by atoms with Crippen molar-refractivity contribution in [2.24, 2.45) is 5.92 Å². The predicted molar refractivity (Wildman–Crippen MR) is 143 cm³/mol. The second-order valence-corrected chi connectivity index (χ2v) is 11.6. The van der Waals surface area contributed by atoms with E-state index in [4.69, 9.17) is 10.5 Å². The summed E-state index contributed by atoms with van der Waals surface area (Å²) >= 11 is 0. The number of aliphatic hydroxyl groups is 2. The quantitative estimate of drug-likeness (QED) is 0.300. The molecular formula is C27H36N8O3. The number of anilines is 3. The van der Waals surface area contributed by atoms with Gasteiger partial charge in [0, 0.05) is 12.6 Å². The number of aromatic nitrogens is 4. The van der Waals surface area contributed by atoms with Crippen molar-refractivity contribution in [3.05, 3.63) is 36.4 Å². The summed E-state index contributed by atoms with van der Waals surface area (Å²) in [5.74, 6) is 1.74. The van der Waals surface area contributed by atoms with Crippen molar-refractivity contribution in [3.63, 3.8) is 0 Å². The van der Waals surface area contributed by atoms with E-state index in [0.29, 0.717) is 35.8 Å². The van der Waals surface area contributed by atoms with Gasteiger partial charge in [0.15, 0.2) is 17.7 Å². The first kappa shape index (κ1) is 24.1. The summed E-state index contributed by atoms with van der Waals surface area (Å²) < 4.78 is 7.75. The van der Waals surface area contributed by atoms with Gasteiger partial charge in [0.05, 0.1) is 23.9 Å². The molecule has 1 unspecified atom stereocenters. The van der Waals surface area contributed by atoms with Crippen molar-refractivity contribution in [2.45, 2.75) is 81.2 Å². The lowest BCUT2D eigenvalue weighted by atomic mass is 9.76. The Morgan fingerprint density at radius 2 is 1.89 bits per heavy atom. The predicted octanol–water partition coefficient (Wildman–Crippen LogP) is 2.26. The summed E-state index contributed by atoms with van der Waals surface area (Å²) in [5.41, 5.74) is 10.8. The van der Waals surface area contributed by atoms with Crippen molar-refractivity contribution in [2.75, 3.05) is 30.0 Å². The monoisotopic (exact) mass is 520 g/mol. The first-order chi connectivity index (χ1) is 18.4. The molecule has 4 aliphatic rings. The van der Waals surface area contributed by atoms with E-state index in [2.05, 4.69) is 55.7 Å². The van der Waals surface area contributed by atoms with Gasteiger partial charge < -0.3 is 36.2 Å². The number of nitrogens with one attached hydrogen (secondary N) is 2. The maximum absolute atomic E-state index is 10.8. The van der Waals surface area contributed by atoms with Crippen LogP contribution in [0.25, 0.3) is 11.2 Å². The highest BCUT2D eigenvalue weighted by molar-refractivity contribution is 5.81. The molecule has 5 atom stereocenters. The molecule has 0 amide bonds. The van der Waals surface area contributed by atoms with E-state index in [1.54, 1.807) is 4.57 Å². The molecule has 7 rings (SSSR count). The largest absolute Gasteiger partial charge is 0.387 e. The number of nitrogen functional groups attached to an aromatic ring is 1. The van der Waals surface area contributed by atoms with Gasteiger partial charge in [-0.25, -0.2) is 15.0 Å². The Kier molecular flexibility index (Phi) is 5.91. The Bertz CT molecular complexity index is 1320. The maximum Gasteiger partial charge on any atom is 0.167 e. The van der Waals surface area contributed by atoms with Gasteiger partial charge in [-0.3, -0.25) is 4.57 Å². The SMILES string of the molecule is CN(C[C@H]1O[C@@H](n2cnc3c(N)ncnc32)[C@H](O)[C@@H]1O)C1CC(CCC2Nc3ccc(C4CC4)cc3N2)C1. The van der Waals surface area contributed by atoms with Crippen molar-refractivity contribution in [1.82, 2.24) is 24.4 Å². The fraction of sp³-hybridized carbons (Fsp3) is 0.593. The molecule has 11 heteroatoms. The van der Waals surface area contributed by atoms with Crippen LogP contribution in [0.5, 0.6) is 0 Å². The summed E-state index contributed by atoms with van der Waals surface area (Å²) in [6.07, 6.45) is 7.00. The van der Waals surface area contributed by atoms with Gasteiger partial charge in [0.25, 0.3) is 0 Å². The van der Waals surface area contributed by atoms with Crippen LogP contribution in [-0.4, -0.2) is 78.7 Å². The average molecular weight is 521 g/mol. The molecule has 2 aliphatic heterocycles. The molecule has 2 aliphatic carbocycles. The molecule has 3 fully saturated rings. The minimum atomic E-state index is -1.09. The number of fused-ring (bicyclic) bond motifs is 2. The maximum atomic E-state index is 10.8. The Morgan fingerprint density at radius 3 is 2.71 bits per heavy atom. The van der Waals surface area contributed by atoms with Gasteiger partial charge in [-0.05, 0) is 75.1 Å². The molecule has 1 aromatic carbocycles. The lowest BCUT2D eigenvalue weighted by Crippen LogP contribution is -2.48. The highest BCUT2D eigenvalue weighted by atomic mass is 16.6. The molecule has 202 valence electrons. The molecule has 38 heavy (non-hydrogen) atoms. The van der Waals surface area contributed by atoms with E-state index in [-0.39, 0.29) is 5.82 Å². The van der Waals surface area contributed by atoms with E-state index in [0.717, 1.165) is 25.2 Å². The lowest BCUT2D eigenvalue weighted by molar-refractivity contribution is -0.0515. The second kappa shape index (κ2) is 9.33. The van der Waals surface area contributed by atoms with Crippen LogP contribution in [0, 0.1) is 5.92 Å². The summed E-state index contributed by atoms with van der Waals surface area (Å²) in [5, 5.41) is 28.8. The number of ether oxygens (including phenoxy) is 1. The number of imidazole rings is 1. The Morgan fingerprint density at radius 1 is 1.08 bits per heavy atom. The standard InChI is InChI=1S/C27H36N8O3/c1-34(11-20-23(36)24(37)27(38-20)35-13-31-22-25(28)29-12-30-26(22)35)17-8-14(9-17)2-7-21-32-18-6-5-16(15-3-4-15)10-19(18)33-21/h5-6,10,12-15,17,20-21,23-24,27,32-33,36-37H,2-4,7-9,11H2,1H3,(H2,28,29,30)/t14?,17?,20-,21?,23-,24-,27-/m1/s1. The van der Waals surface area contributed by atoms with Crippen LogP contribution >= 0.6 is 0 Å². The number of likely N-dealkylation sites (N-methyl/N-ethyl adjacent to an activating group) is 1. The third-order valence-corrected chi connectivity index (χ3v) is 8.92. The van der Waals surface area contributed by atoms with Gasteiger partial charge in [0.1, 0.15) is 30.2 Å². The average Bonchev–Trinajstić information content (AvgIpc) is 3.42. The molecule has 0 spiro atoms. The smallest absolute Gasteiger partial charge is 0.167 e. The molecular weight excluding hydrogens is 484 g/mol. The zero-order valence-electron chi connectivity index (χ0n) is 21.6. The Labute approximate surface area is 221 Å². The zero-order valence-corrected chi connectivity index (χ0v) is 21.6. The molecule has 2 aromatic heterocycles. The fourth-order valence-electron chi connectivity index (χ4n) is 6.33. The Hall–Kier alpha value is -2.99. The number of hydrogen-bond acceptors (Lipinski definition) is 10. The molecule has 11 nitrogen and oxygen atoms in total. The highest BCUT2D eigenvalue weighted by Crippen LogP contribution is 2.44. The number of hydrogen-bond donors (Lipinski definition) is 5. The fourth-order valence-corrected chi connectivity index (χ4v) is 6.33. The van der Waals surface area contributed by atoms with Gasteiger partial charge in [0.2, 0.25) is 0 Å². The molecule has 3 aromatic rings. The molecule has 6 N–H and O–H groups in total. The normalized spacial score (nSPS) is 32.3.